The summed E-state index contributed by atoms with van der Waals surface area (Å²) in [6.07, 6.45) is 1.69. The van der Waals surface area contributed by atoms with Crippen LogP contribution in [0, 0.1) is 11.3 Å². The van der Waals surface area contributed by atoms with E-state index in [1.807, 2.05) is 36.4 Å². The predicted octanol–water partition coefficient (Wildman–Crippen LogP) is 5.25. The molecule has 1 fully saturated rings. The molecule has 1 saturated carbocycles. The third kappa shape index (κ3) is 2.86. The Morgan fingerprint density at radius 2 is 1.81 bits per heavy atom. The van der Waals surface area contributed by atoms with Crippen molar-refractivity contribution in [2.24, 2.45) is 0 Å². The van der Waals surface area contributed by atoms with Crippen LogP contribution in [-0.2, 0) is 5.41 Å². The first-order valence-corrected chi connectivity index (χ1v) is 8.40. The largest absolute Gasteiger partial charge is 0.381 e. The summed E-state index contributed by atoms with van der Waals surface area (Å²) in [7, 11) is 0. The minimum absolute atomic E-state index is 0.333. The van der Waals surface area contributed by atoms with Crippen molar-refractivity contribution in [1.82, 2.24) is 0 Å². The first-order valence-electron chi connectivity index (χ1n) is 6.81. The number of benzene rings is 2. The summed E-state index contributed by atoms with van der Waals surface area (Å²) in [5, 5.41) is 13.1. The fourth-order valence-electron chi connectivity index (χ4n) is 2.86. The lowest BCUT2D eigenvalue weighted by Gasteiger charge is -2.43. The van der Waals surface area contributed by atoms with Gasteiger partial charge in [-0.25, -0.2) is 0 Å². The molecule has 0 unspecified atom stereocenters. The van der Waals surface area contributed by atoms with Gasteiger partial charge in [0, 0.05) is 20.7 Å². The lowest BCUT2D eigenvalue weighted by atomic mass is 9.62. The van der Waals surface area contributed by atoms with Gasteiger partial charge in [0.15, 0.2) is 0 Å². The second-order valence-corrected chi connectivity index (χ2v) is 7.20. The molecule has 1 aliphatic carbocycles. The summed E-state index contributed by atoms with van der Waals surface area (Å²) in [5.41, 5.74) is 1.86. The minimum Gasteiger partial charge on any atom is -0.381 e. The van der Waals surface area contributed by atoms with Crippen LogP contribution in [0.15, 0.2) is 57.5 Å². The van der Waals surface area contributed by atoms with E-state index in [2.05, 4.69) is 55.4 Å². The van der Waals surface area contributed by atoms with Crippen LogP contribution in [-0.4, -0.2) is 6.04 Å². The molecule has 0 aliphatic heterocycles. The lowest BCUT2D eigenvalue weighted by molar-refractivity contribution is 0.289. The van der Waals surface area contributed by atoms with Gasteiger partial charge in [-0.1, -0.05) is 46.3 Å². The third-order valence-electron chi connectivity index (χ3n) is 4.02. The molecular formula is C17H14Br2N2. The van der Waals surface area contributed by atoms with Crippen molar-refractivity contribution in [1.29, 1.82) is 5.26 Å². The predicted molar refractivity (Wildman–Crippen MR) is 92.2 cm³/mol. The molecule has 0 radical (unpaired) electrons. The number of halogens is 2. The molecule has 0 atom stereocenters. The number of hydrogen-bond acceptors (Lipinski definition) is 2. The maximum absolute atomic E-state index is 9.57. The van der Waals surface area contributed by atoms with Crippen LogP contribution in [0.5, 0.6) is 0 Å². The van der Waals surface area contributed by atoms with Crippen molar-refractivity contribution in [3.63, 3.8) is 0 Å². The third-order valence-corrected chi connectivity index (χ3v) is 5.17. The highest BCUT2D eigenvalue weighted by Crippen LogP contribution is 2.45. The topological polar surface area (TPSA) is 35.8 Å². The van der Waals surface area contributed by atoms with Gasteiger partial charge in [0.05, 0.1) is 11.5 Å². The Balaban J connectivity index is 1.71. The quantitative estimate of drug-likeness (QED) is 0.756. The molecule has 0 aromatic heterocycles. The van der Waals surface area contributed by atoms with Crippen LogP contribution < -0.4 is 5.32 Å². The van der Waals surface area contributed by atoms with Crippen LogP contribution >= 0.6 is 31.9 Å². The number of nitrogens with zero attached hydrogens (tertiary/aromatic N) is 1. The van der Waals surface area contributed by atoms with Crippen LogP contribution in [0.4, 0.5) is 5.69 Å². The SMILES string of the molecule is N#CC1(c2ccccc2)CC(Nc2ccc(Br)cc2Br)C1. The maximum atomic E-state index is 9.57. The Kier molecular flexibility index (Phi) is 4.05. The summed E-state index contributed by atoms with van der Waals surface area (Å²) in [5.74, 6) is 0. The Labute approximate surface area is 141 Å². The highest BCUT2D eigenvalue weighted by atomic mass is 79.9. The zero-order valence-electron chi connectivity index (χ0n) is 11.3. The summed E-state index contributed by atoms with van der Waals surface area (Å²) in [4.78, 5) is 0. The molecule has 0 bridgehead atoms. The zero-order valence-corrected chi connectivity index (χ0v) is 14.5. The standard InChI is InChI=1S/C17H14Br2N2/c18-13-6-7-16(15(19)8-13)21-14-9-17(10-14,11-20)12-4-2-1-3-5-12/h1-8,14,21H,9-10H2. The molecule has 106 valence electrons. The van der Waals surface area contributed by atoms with E-state index in [1.54, 1.807) is 0 Å². The molecule has 1 aliphatic rings. The maximum Gasteiger partial charge on any atom is 0.0861 e. The number of nitrogens with one attached hydrogen (secondary N) is 1. The first-order chi connectivity index (χ1) is 10.1. The molecule has 0 heterocycles. The van der Waals surface area contributed by atoms with E-state index in [0.29, 0.717) is 6.04 Å². The van der Waals surface area contributed by atoms with Gasteiger partial charge in [0.25, 0.3) is 0 Å². The van der Waals surface area contributed by atoms with Crippen molar-refractivity contribution in [2.75, 3.05) is 5.32 Å². The van der Waals surface area contributed by atoms with Gasteiger partial charge < -0.3 is 5.32 Å². The van der Waals surface area contributed by atoms with E-state index in [9.17, 15) is 5.26 Å². The van der Waals surface area contributed by atoms with E-state index < -0.39 is 0 Å². The second-order valence-electron chi connectivity index (χ2n) is 5.43. The number of anilines is 1. The summed E-state index contributed by atoms with van der Waals surface area (Å²) in [6, 6.07) is 19.0. The van der Waals surface area contributed by atoms with Crippen LogP contribution in [0.25, 0.3) is 0 Å². The van der Waals surface area contributed by atoms with Gasteiger partial charge in [0.2, 0.25) is 0 Å². The Morgan fingerprint density at radius 1 is 1.10 bits per heavy atom. The Bertz CT molecular complexity index is 686. The van der Waals surface area contributed by atoms with Crippen molar-refractivity contribution < 1.29 is 0 Å². The van der Waals surface area contributed by atoms with Gasteiger partial charge in [-0.05, 0) is 52.5 Å². The van der Waals surface area contributed by atoms with Crippen molar-refractivity contribution in [3.05, 3.63) is 63.0 Å². The molecule has 0 spiro atoms. The molecule has 0 saturated heterocycles. The average molecular weight is 406 g/mol. The van der Waals surface area contributed by atoms with Gasteiger partial charge >= 0.3 is 0 Å². The van der Waals surface area contributed by atoms with Crippen LogP contribution in [0.2, 0.25) is 0 Å². The lowest BCUT2D eigenvalue weighted by Crippen LogP contribution is -2.47. The van der Waals surface area contributed by atoms with Crippen molar-refractivity contribution >= 4 is 37.5 Å². The number of nitriles is 1. The van der Waals surface area contributed by atoms with Crippen LogP contribution in [0.3, 0.4) is 0 Å². The van der Waals surface area contributed by atoms with E-state index >= 15 is 0 Å². The molecule has 2 nitrogen and oxygen atoms in total. The van der Waals surface area contributed by atoms with Crippen LogP contribution in [0.1, 0.15) is 18.4 Å². The van der Waals surface area contributed by atoms with E-state index in [-0.39, 0.29) is 5.41 Å². The first kappa shape index (κ1) is 14.6. The molecule has 1 N–H and O–H groups in total. The highest BCUT2D eigenvalue weighted by molar-refractivity contribution is 9.11. The van der Waals surface area contributed by atoms with Gasteiger partial charge in [-0.3, -0.25) is 0 Å². The highest BCUT2D eigenvalue weighted by Gasteiger charge is 2.46. The Morgan fingerprint density at radius 3 is 2.43 bits per heavy atom. The summed E-state index contributed by atoms with van der Waals surface area (Å²) in [6.45, 7) is 0. The monoisotopic (exact) mass is 404 g/mol. The molecule has 3 rings (SSSR count). The minimum atomic E-state index is -0.333. The summed E-state index contributed by atoms with van der Waals surface area (Å²) >= 11 is 7.01. The fraction of sp³-hybridized carbons (Fsp3) is 0.235. The molecule has 21 heavy (non-hydrogen) atoms. The fourth-order valence-corrected chi connectivity index (χ4v) is 4.02. The summed E-state index contributed by atoms with van der Waals surface area (Å²) < 4.78 is 2.08. The molecule has 0 amide bonds. The number of rotatable bonds is 3. The van der Waals surface area contributed by atoms with Gasteiger partial charge in [-0.15, -0.1) is 0 Å². The smallest absolute Gasteiger partial charge is 0.0861 e. The molecule has 4 heteroatoms. The normalized spacial score (nSPS) is 24.0. The van der Waals surface area contributed by atoms with Crippen molar-refractivity contribution in [2.45, 2.75) is 24.3 Å². The van der Waals surface area contributed by atoms with Gasteiger partial charge in [-0.2, -0.15) is 5.26 Å². The van der Waals surface area contributed by atoms with E-state index in [0.717, 1.165) is 33.0 Å². The van der Waals surface area contributed by atoms with E-state index in [1.165, 1.54) is 0 Å². The Hall–Kier alpha value is -1.31. The van der Waals surface area contributed by atoms with Crippen molar-refractivity contribution in [3.8, 4) is 6.07 Å². The molecule has 2 aromatic rings. The van der Waals surface area contributed by atoms with Gasteiger partial charge in [0.1, 0.15) is 0 Å². The molecule has 2 aromatic carbocycles. The average Bonchev–Trinajstić information content (AvgIpc) is 2.45. The zero-order chi connectivity index (χ0) is 14.9. The number of hydrogen-bond donors (Lipinski definition) is 1. The molecular weight excluding hydrogens is 392 g/mol. The second kappa shape index (κ2) is 5.82. The van der Waals surface area contributed by atoms with E-state index in [4.69, 9.17) is 0 Å².